The van der Waals surface area contributed by atoms with Gasteiger partial charge in [-0.25, -0.2) is 9.13 Å². The third-order valence-corrected chi connectivity index (χ3v) is 18.5. The van der Waals surface area contributed by atoms with Crippen molar-refractivity contribution in [3.05, 3.63) is 194 Å². The molecule has 0 spiro atoms. The fourth-order valence-corrected chi connectivity index (χ4v) is 11.9. The molecule has 110 heavy (non-hydrogen) atoms. The molecule has 0 bridgehead atoms. The molecule has 0 aromatic rings. The highest BCUT2D eigenvalue weighted by Gasteiger charge is 2.30. The Morgan fingerprint density at radius 1 is 0.273 bits per heavy atom. The van der Waals surface area contributed by atoms with Gasteiger partial charge in [-0.05, 0) is 167 Å². The SMILES string of the molecule is CC/C=C\C/C=C\C/C=C\C/C=C\C/C=C\CCCC(=O)OCC(COP(=O)(O)OCC(O)COP(=O)(O)OCC(COC(=O)CCCCCCCC/C=C\C/C=C\C/C=C\CCCCC)OC(=O)CCCCCCCC/C=C\C/C=C\C/C=C\CCCCC)OC(=O)C/C=C\C/C=C\C/C=C\C/C=C\C/C=C\CC. The zero-order chi connectivity index (χ0) is 80.3. The van der Waals surface area contributed by atoms with Crippen LogP contribution in [0.15, 0.2) is 194 Å². The second-order valence-corrected chi connectivity index (χ2v) is 29.9. The van der Waals surface area contributed by atoms with Gasteiger partial charge in [0.05, 0.1) is 32.8 Å². The molecule has 0 aromatic carbocycles. The van der Waals surface area contributed by atoms with Gasteiger partial charge in [-0.15, -0.1) is 0 Å². The molecule has 0 saturated heterocycles. The molecule has 622 valence electrons. The average Bonchev–Trinajstić information content (AvgIpc) is 0.911. The van der Waals surface area contributed by atoms with Crippen molar-refractivity contribution in [2.45, 2.75) is 316 Å². The van der Waals surface area contributed by atoms with Crippen molar-refractivity contribution in [1.82, 2.24) is 0 Å². The molecule has 5 unspecified atom stereocenters. The minimum absolute atomic E-state index is 0.0556. The molecular weight excluding hydrogens is 1430 g/mol. The van der Waals surface area contributed by atoms with E-state index in [0.717, 1.165) is 173 Å². The molecule has 17 nitrogen and oxygen atoms in total. The molecule has 3 N–H and O–H groups in total. The van der Waals surface area contributed by atoms with Gasteiger partial charge in [-0.1, -0.05) is 299 Å². The van der Waals surface area contributed by atoms with Crippen molar-refractivity contribution < 1.29 is 80.2 Å². The number of rotatable bonds is 76. The van der Waals surface area contributed by atoms with Crippen molar-refractivity contribution in [3.63, 3.8) is 0 Å². The zero-order valence-electron chi connectivity index (χ0n) is 68.1. The molecule has 0 rings (SSSR count). The van der Waals surface area contributed by atoms with E-state index in [4.69, 9.17) is 37.0 Å². The van der Waals surface area contributed by atoms with Crippen LogP contribution in [0.2, 0.25) is 0 Å². The number of ether oxygens (including phenoxy) is 4. The summed E-state index contributed by atoms with van der Waals surface area (Å²) in [4.78, 5) is 73.1. The summed E-state index contributed by atoms with van der Waals surface area (Å²) in [7, 11) is -10.0. The number of aliphatic hydroxyl groups excluding tert-OH is 1. The van der Waals surface area contributed by atoms with Gasteiger partial charge in [0.15, 0.2) is 12.2 Å². The van der Waals surface area contributed by atoms with Crippen molar-refractivity contribution in [2.24, 2.45) is 0 Å². The van der Waals surface area contributed by atoms with E-state index in [0.29, 0.717) is 32.1 Å². The number of carbonyl (C=O) groups excluding carboxylic acids is 4. The maximum atomic E-state index is 13.1. The molecule has 0 saturated carbocycles. The number of hydrogen-bond acceptors (Lipinski definition) is 15. The van der Waals surface area contributed by atoms with Crippen molar-refractivity contribution in [1.29, 1.82) is 0 Å². The van der Waals surface area contributed by atoms with Gasteiger partial charge in [0.1, 0.15) is 19.3 Å². The normalized spacial score (nSPS) is 14.8. The lowest BCUT2D eigenvalue weighted by atomic mass is 10.1. The maximum Gasteiger partial charge on any atom is 0.472 e. The lowest BCUT2D eigenvalue weighted by Gasteiger charge is -2.21. The molecule has 0 aliphatic carbocycles. The monoisotopic (exact) mass is 1570 g/mol. The Hall–Kier alpha value is -6.10. The van der Waals surface area contributed by atoms with Gasteiger partial charge in [0, 0.05) is 19.3 Å². The van der Waals surface area contributed by atoms with E-state index < -0.39 is 97.5 Å². The van der Waals surface area contributed by atoms with Gasteiger partial charge in [0.2, 0.25) is 0 Å². The van der Waals surface area contributed by atoms with Crippen molar-refractivity contribution in [2.75, 3.05) is 39.6 Å². The van der Waals surface area contributed by atoms with E-state index >= 15 is 0 Å². The molecular formula is C91H146O17P2. The summed E-state index contributed by atoms with van der Waals surface area (Å²) >= 11 is 0. The topological polar surface area (TPSA) is 237 Å². The van der Waals surface area contributed by atoms with Crippen LogP contribution in [0.5, 0.6) is 0 Å². The average molecular weight is 1570 g/mol. The van der Waals surface area contributed by atoms with Crippen LogP contribution in [0.1, 0.15) is 297 Å². The molecule has 0 amide bonds. The van der Waals surface area contributed by atoms with Gasteiger partial charge < -0.3 is 33.8 Å². The summed E-state index contributed by atoms with van der Waals surface area (Å²) in [6.07, 6.45) is 100. The predicted molar refractivity (Wildman–Crippen MR) is 454 cm³/mol. The van der Waals surface area contributed by atoms with Crippen LogP contribution < -0.4 is 0 Å². The van der Waals surface area contributed by atoms with Crippen LogP contribution >= 0.6 is 15.6 Å². The molecule has 0 radical (unpaired) electrons. The molecule has 0 fully saturated rings. The Morgan fingerprint density at radius 2 is 0.518 bits per heavy atom. The van der Waals surface area contributed by atoms with Gasteiger partial charge in [-0.2, -0.15) is 0 Å². The molecule has 0 aliphatic rings. The number of allylic oxidation sites excluding steroid dienone is 31. The summed E-state index contributed by atoms with van der Waals surface area (Å²) in [6, 6.07) is 0. The second kappa shape index (κ2) is 80.9. The van der Waals surface area contributed by atoms with Crippen LogP contribution in [0.25, 0.3) is 0 Å². The maximum absolute atomic E-state index is 13.1. The summed E-state index contributed by atoms with van der Waals surface area (Å²) < 4.78 is 68.5. The van der Waals surface area contributed by atoms with Crippen LogP contribution in [-0.2, 0) is 65.4 Å². The summed E-state index contributed by atoms with van der Waals surface area (Å²) in [5.74, 6) is -2.44. The predicted octanol–water partition coefficient (Wildman–Crippen LogP) is 24.9. The van der Waals surface area contributed by atoms with Crippen molar-refractivity contribution >= 4 is 39.5 Å². The smallest absolute Gasteiger partial charge is 0.462 e. The minimum atomic E-state index is -5.03. The van der Waals surface area contributed by atoms with E-state index in [1.165, 1.54) is 38.5 Å². The Labute approximate surface area is 666 Å². The van der Waals surface area contributed by atoms with E-state index in [-0.39, 0.29) is 25.7 Å². The summed E-state index contributed by atoms with van der Waals surface area (Å²) in [5.41, 5.74) is 0. The summed E-state index contributed by atoms with van der Waals surface area (Å²) in [6.45, 7) is 4.37. The zero-order valence-corrected chi connectivity index (χ0v) is 69.9. The number of unbranched alkanes of at least 4 members (excludes halogenated alkanes) is 19. The highest BCUT2D eigenvalue weighted by atomic mass is 31.2. The highest BCUT2D eigenvalue weighted by Crippen LogP contribution is 2.45. The van der Waals surface area contributed by atoms with Gasteiger partial charge in [-0.3, -0.25) is 37.3 Å². The van der Waals surface area contributed by atoms with Crippen LogP contribution in [0.3, 0.4) is 0 Å². The quantitative estimate of drug-likeness (QED) is 0.0169. The van der Waals surface area contributed by atoms with E-state index in [1.54, 1.807) is 12.2 Å². The molecule has 0 aromatic heterocycles. The van der Waals surface area contributed by atoms with Crippen LogP contribution in [0.4, 0.5) is 0 Å². The van der Waals surface area contributed by atoms with E-state index in [9.17, 15) is 43.2 Å². The fraction of sp³-hybridized carbons (Fsp3) is 0.604. The molecule has 5 atom stereocenters. The Kier molecular flexibility index (Phi) is 76.4. The Bertz CT molecular complexity index is 2850. The third-order valence-electron chi connectivity index (χ3n) is 16.6. The molecule has 19 heteroatoms. The number of phosphoric ester groups is 2. The fourth-order valence-electron chi connectivity index (χ4n) is 10.3. The van der Waals surface area contributed by atoms with Crippen molar-refractivity contribution in [3.8, 4) is 0 Å². The van der Waals surface area contributed by atoms with E-state index in [1.807, 2.05) is 24.3 Å². The Balaban J connectivity index is 5.53. The number of esters is 4. The minimum Gasteiger partial charge on any atom is -0.462 e. The van der Waals surface area contributed by atoms with Gasteiger partial charge >= 0.3 is 39.5 Å². The molecule has 0 aliphatic heterocycles. The standard InChI is InChI=1S/C91H146O17P2/c1-5-9-13-17-21-25-29-33-37-40-42-45-49-52-56-60-64-68-72-76-89(94)102-82-87(108-91(96)78-74-70-66-62-58-54-50-46-43-41-38-34-30-26-22-18-14-10-6-2)84-106-110(99,100)104-80-85(92)79-103-109(97,98)105-83-86(107-90(95)77-73-69-65-61-57-53-47-36-32-28-24-20-16-12-8-4)81-101-88(93)75-71-67-63-59-55-51-48-44-39-35-31-27-23-19-15-11-7-3/h11-12,15-16,21-28,33-39,42-43,45-48,51,57,59,61,63,69,73,85-87,92H,5-10,13-14,17-20,29-32,40-41,44,49-50,52-56,58,60,62,64-68,70-72,74-84H2,1-4H3,(H,97,98)(H,99,100)/b15-11-,16-12-,25-21-,26-22-,27-23-,28-24-,37-33-,38-34-,39-35-,45-42-,46-43-,47-36-,51-48-,61-57-,63-59-,73-69-. The van der Waals surface area contributed by atoms with E-state index in [2.05, 4.69) is 186 Å². The largest absolute Gasteiger partial charge is 0.472 e. The first-order valence-corrected chi connectivity index (χ1v) is 44.7. The lowest BCUT2D eigenvalue weighted by Crippen LogP contribution is -2.30. The first-order chi connectivity index (χ1) is 53.7. The third kappa shape index (κ3) is 80.0. The van der Waals surface area contributed by atoms with Crippen LogP contribution in [-0.4, -0.2) is 96.7 Å². The first-order valence-electron chi connectivity index (χ1n) is 41.7. The number of carbonyl (C=O) groups is 4. The lowest BCUT2D eigenvalue weighted by molar-refractivity contribution is -0.161. The van der Waals surface area contributed by atoms with Gasteiger partial charge in [0.25, 0.3) is 0 Å². The molecule has 0 heterocycles. The number of phosphoric acid groups is 2. The second-order valence-electron chi connectivity index (χ2n) is 27.0. The number of hydrogen-bond donors (Lipinski definition) is 3. The Morgan fingerprint density at radius 3 is 0.845 bits per heavy atom. The summed E-state index contributed by atoms with van der Waals surface area (Å²) in [5, 5.41) is 10.7. The first kappa shape index (κ1) is 104. The van der Waals surface area contributed by atoms with Crippen LogP contribution in [0, 0.1) is 0 Å². The number of aliphatic hydroxyl groups is 1. The highest BCUT2D eigenvalue weighted by molar-refractivity contribution is 7.47.